The summed E-state index contributed by atoms with van der Waals surface area (Å²) in [6.45, 7) is 7.93. The Labute approximate surface area is 332 Å². The first kappa shape index (κ1) is 36.2. The van der Waals surface area contributed by atoms with Gasteiger partial charge in [-0.1, -0.05) is 0 Å². The number of aryl methyl sites for hydroxylation is 2. The zero-order chi connectivity index (χ0) is 38.9. The summed E-state index contributed by atoms with van der Waals surface area (Å²) in [5.41, 5.74) is 8.19. The summed E-state index contributed by atoms with van der Waals surface area (Å²) >= 11 is 0. The molecule has 2 saturated heterocycles. The number of allylic oxidation sites excluding steroid dienone is 4. The minimum Gasteiger partial charge on any atom is -0.504 e. The molecule has 0 radical (unpaired) electrons. The van der Waals surface area contributed by atoms with E-state index in [-0.39, 0.29) is 17.5 Å². The highest BCUT2D eigenvalue weighted by Gasteiger charge is 2.34. The van der Waals surface area contributed by atoms with Crippen molar-refractivity contribution < 1.29 is 13.9 Å². The summed E-state index contributed by atoms with van der Waals surface area (Å²) < 4.78 is 12.0. The molecule has 2 aromatic heterocycles. The SMILES string of the molecule is Cc1ccc(Nc2cc(N3CCCCC3)ccc2C2=CC3=CC(c4ccc(N5CCCCC5)cc4Nc4ccc(C)o4)=NC4=NC(/C(O)=C/C=N)=NC(=N2)C4C3)o1. The molecular formula is C45H47N9O3. The van der Waals surface area contributed by atoms with Crippen LogP contribution in [0.4, 0.5) is 34.5 Å². The van der Waals surface area contributed by atoms with Crippen molar-refractivity contribution in [1.29, 1.82) is 5.41 Å². The van der Waals surface area contributed by atoms with Gasteiger partial charge in [0.2, 0.25) is 0 Å². The molecule has 290 valence electrons. The summed E-state index contributed by atoms with van der Waals surface area (Å²) in [6, 6.07) is 20.7. The minimum absolute atomic E-state index is 0.0611. The molecule has 5 aliphatic heterocycles. The molecule has 7 heterocycles. The Hall–Kier alpha value is -6.43. The molecule has 12 heteroatoms. The molecule has 5 aliphatic rings. The van der Waals surface area contributed by atoms with E-state index >= 15 is 0 Å². The van der Waals surface area contributed by atoms with Crippen molar-refractivity contribution in [2.75, 3.05) is 46.6 Å². The number of nitrogens with zero attached hydrogens (tertiary/aromatic N) is 6. The van der Waals surface area contributed by atoms with Gasteiger partial charge in [0.05, 0.1) is 28.7 Å². The van der Waals surface area contributed by atoms with Crippen LogP contribution in [0.5, 0.6) is 0 Å². The smallest absolute Gasteiger partial charge is 0.198 e. The van der Waals surface area contributed by atoms with E-state index in [1.54, 1.807) is 0 Å². The van der Waals surface area contributed by atoms with Crippen LogP contribution in [0.15, 0.2) is 119 Å². The summed E-state index contributed by atoms with van der Waals surface area (Å²) in [7, 11) is 0. The van der Waals surface area contributed by atoms with Crippen LogP contribution < -0.4 is 20.4 Å². The average Bonchev–Trinajstić information content (AvgIpc) is 3.72. The van der Waals surface area contributed by atoms with Crippen LogP contribution in [0.25, 0.3) is 5.70 Å². The van der Waals surface area contributed by atoms with E-state index in [2.05, 4.69) is 69.0 Å². The molecule has 0 spiro atoms. The molecule has 0 aliphatic carbocycles. The lowest BCUT2D eigenvalue weighted by Crippen LogP contribution is -2.29. The zero-order valence-electron chi connectivity index (χ0n) is 32.4. The monoisotopic (exact) mass is 761 g/mol. The lowest BCUT2D eigenvalue weighted by molar-refractivity contribution is 0.443. The van der Waals surface area contributed by atoms with Gasteiger partial charge in [0, 0.05) is 73.1 Å². The number of hydrogen-bond donors (Lipinski definition) is 4. The maximum atomic E-state index is 11.0. The van der Waals surface area contributed by atoms with Crippen molar-refractivity contribution in [3.8, 4) is 0 Å². The van der Waals surface area contributed by atoms with Crippen molar-refractivity contribution in [2.45, 2.75) is 58.8 Å². The van der Waals surface area contributed by atoms with Gasteiger partial charge in [0.1, 0.15) is 23.2 Å². The fraction of sp³-hybridized carbons (Fsp3) is 0.311. The number of anilines is 6. The fourth-order valence-electron chi connectivity index (χ4n) is 8.19. The van der Waals surface area contributed by atoms with Crippen LogP contribution in [-0.2, 0) is 0 Å². The first-order chi connectivity index (χ1) is 27.9. The fourth-order valence-corrected chi connectivity index (χ4v) is 8.19. The van der Waals surface area contributed by atoms with Gasteiger partial charge >= 0.3 is 0 Å². The average molecular weight is 762 g/mol. The number of rotatable bonds is 10. The van der Waals surface area contributed by atoms with Gasteiger partial charge < -0.3 is 39.8 Å². The molecular weight excluding hydrogens is 715 g/mol. The molecule has 2 bridgehead atoms. The Morgan fingerprint density at radius 1 is 0.702 bits per heavy atom. The van der Waals surface area contributed by atoms with Gasteiger partial charge in [-0.3, -0.25) is 0 Å². The van der Waals surface area contributed by atoms with Gasteiger partial charge in [0.15, 0.2) is 23.4 Å². The maximum absolute atomic E-state index is 11.0. The summed E-state index contributed by atoms with van der Waals surface area (Å²) in [6.07, 6.45) is 14.2. The van der Waals surface area contributed by atoms with Gasteiger partial charge in [-0.2, -0.15) is 0 Å². The number of fused-ring (bicyclic) bond motifs is 1. The van der Waals surface area contributed by atoms with Crippen molar-refractivity contribution in [2.24, 2.45) is 25.9 Å². The molecule has 2 fully saturated rings. The maximum Gasteiger partial charge on any atom is 0.198 e. The molecule has 0 amide bonds. The number of amidine groups is 3. The van der Waals surface area contributed by atoms with E-state index in [1.165, 1.54) is 44.6 Å². The van der Waals surface area contributed by atoms with Gasteiger partial charge in [-0.05, 0) is 125 Å². The standard InChI is InChI=1S/C45H47N9O3/c1-28-9-15-41(56-28)47-38-26-31(53-19-5-3-6-20-53)11-13-33(38)36-24-30-23-35-43(49-36)51-45(40(55)17-18-46)52-44(35)50-37(25-30)34-14-12-32(54-21-7-4-8-22-54)27-39(34)48-42-16-10-29(2)57-42/h9-18,24-27,35,46-48,55H,3-8,19-23H2,1-2H3/b40-17-,46-18?. The highest BCUT2D eigenvalue weighted by Crippen LogP contribution is 2.39. The summed E-state index contributed by atoms with van der Waals surface area (Å²) in [5.74, 6) is 3.36. The van der Waals surface area contributed by atoms with Crippen molar-refractivity contribution in [3.63, 3.8) is 0 Å². The highest BCUT2D eigenvalue weighted by molar-refractivity contribution is 6.27. The Balaban J connectivity index is 1.20. The molecule has 2 aromatic carbocycles. The van der Waals surface area contributed by atoms with Crippen LogP contribution in [0.1, 0.15) is 67.6 Å². The van der Waals surface area contributed by atoms with Gasteiger partial charge in [-0.15, -0.1) is 0 Å². The molecule has 4 N–H and O–H groups in total. The Kier molecular flexibility index (Phi) is 9.92. The molecule has 4 aromatic rings. The minimum atomic E-state index is -0.368. The molecule has 9 rings (SSSR count). The highest BCUT2D eigenvalue weighted by atomic mass is 16.4. The van der Waals surface area contributed by atoms with Crippen molar-refractivity contribution in [1.82, 2.24) is 0 Å². The Morgan fingerprint density at radius 3 is 1.86 bits per heavy atom. The zero-order valence-corrected chi connectivity index (χ0v) is 32.4. The lowest BCUT2D eigenvalue weighted by atomic mass is 9.96. The topological polar surface area (TPSA) is 150 Å². The van der Waals surface area contributed by atoms with Crippen molar-refractivity contribution in [3.05, 3.63) is 113 Å². The molecule has 0 saturated carbocycles. The third-order valence-corrected chi connectivity index (χ3v) is 11.1. The predicted octanol–water partition coefficient (Wildman–Crippen LogP) is 10.0. The number of aliphatic imine (C=N–C) groups is 4. The number of aliphatic hydroxyl groups is 1. The number of piperidine rings is 2. The van der Waals surface area contributed by atoms with Crippen LogP contribution in [-0.4, -0.2) is 60.7 Å². The first-order valence-corrected chi connectivity index (χ1v) is 20.0. The van der Waals surface area contributed by atoms with E-state index in [0.717, 1.165) is 83.4 Å². The predicted molar refractivity (Wildman–Crippen MR) is 231 cm³/mol. The molecule has 57 heavy (non-hydrogen) atoms. The van der Waals surface area contributed by atoms with E-state index in [1.807, 2.05) is 38.1 Å². The normalized spacial score (nSPS) is 19.6. The second kappa shape index (κ2) is 15.6. The number of hydrogen-bond acceptors (Lipinski definition) is 12. The van der Waals surface area contributed by atoms with E-state index < -0.39 is 0 Å². The van der Waals surface area contributed by atoms with E-state index in [4.69, 9.17) is 34.2 Å². The Morgan fingerprint density at radius 2 is 1.28 bits per heavy atom. The quantitative estimate of drug-likeness (QED) is 0.0928. The van der Waals surface area contributed by atoms with Crippen molar-refractivity contribution >= 4 is 69.6 Å². The molecule has 1 unspecified atom stereocenters. The van der Waals surface area contributed by atoms with Crippen LogP contribution in [0, 0.1) is 25.2 Å². The number of benzene rings is 2. The lowest BCUT2D eigenvalue weighted by Gasteiger charge is -2.29. The Bertz CT molecular complexity index is 2320. The van der Waals surface area contributed by atoms with Crippen LogP contribution in [0.3, 0.4) is 0 Å². The first-order valence-electron chi connectivity index (χ1n) is 20.0. The second-order valence-corrected chi connectivity index (χ2v) is 15.2. The van der Waals surface area contributed by atoms with Gasteiger partial charge in [0.25, 0.3) is 0 Å². The summed E-state index contributed by atoms with van der Waals surface area (Å²) in [5, 5.41) is 25.8. The summed E-state index contributed by atoms with van der Waals surface area (Å²) in [4.78, 5) is 24.9. The van der Waals surface area contributed by atoms with E-state index in [9.17, 15) is 5.11 Å². The van der Waals surface area contributed by atoms with Gasteiger partial charge in [-0.25, -0.2) is 20.0 Å². The largest absolute Gasteiger partial charge is 0.504 e. The number of nitrogens with one attached hydrogen (secondary N) is 3. The number of aliphatic hydroxyl groups excluding tert-OH is 1. The third-order valence-electron chi connectivity index (χ3n) is 11.1. The number of furan rings is 2. The van der Waals surface area contributed by atoms with Crippen LogP contribution >= 0.6 is 0 Å². The second-order valence-electron chi connectivity index (χ2n) is 15.2. The van der Waals surface area contributed by atoms with Crippen LogP contribution in [0.2, 0.25) is 0 Å². The van der Waals surface area contributed by atoms with E-state index in [0.29, 0.717) is 41.3 Å². The molecule has 12 nitrogen and oxygen atoms in total. The third kappa shape index (κ3) is 7.72. The molecule has 1 atom stereocenters.